The van der Waals surface area contributed by atoms with Crippen LogP contribution in [-0.2, 0) is 9.84 Å². The van der Waals surface area contributed by atoms with E-state index in [9.17, 15) is 8.42 Å². The second-order valence-corrected chi connectivity index (χ2v) is 7.85. The fourth-order valence-electron chi connectivity index (χ4n) is 3.17. The highest BCUT2D eigenvalue weighted by atomic mass is 35.5. The van der Waals surface area contributed by atoms with Gasteiger partial charge in [0, 0.05) is 17.0 Å². The zero-order valence-corrected chi connectivity index (χ0v) is 11.6. The van der Waals surface area contributed by atoms with Crippen molar-refractivity contribution in [3.8, 4) is 0 Å². The summed E-state index contributed by atoms with van der Waals surface area (Å²) in [6.07, 6.45) is 4.27. The summed E-state index contributed by atoms with van der Waals surface area (Å²) in [6, 6.07) is 4.97. The molecule has 1 aliphatic heterocycles. The van der Waals surface area contributed by atoms with Crippen molar-refractivity contribution in [1.29, 1.82) is 0 Å². The van der Waals surface area contributed by atoms with Crippen molar-refractivity contribution in [2.24, 2.45) is 5.41 Å². The van der Waals surface area contributed by atoms with Crippen LogP contribution in [0.5, 0.6) is 0 Å². The van der Waals surface area contributed by atoms with E-state index in [4.69, 9.17) is 11.6 Å². The molecule has 5 heteroatoms. The van der Waals surface area contributed by atoms with Crippen molar-refractivity contribution in [1.82, 2.24) is 0 Å². The highest BCUT2D eigenvalue weighted by molar-refractivity contribution is 7.91. The molecule has 1 N–H and O–H groups in total. The van der Waals surface area contributed by atoms with Crippen molar-refractivity contribution in [3.05, 3.63) is 23.2 Å². The van der Waals surface area contributed by atoms with Crippen LogP contribution in [0.3, 0.4) is 0 Å². The van der Waals surface area contributed by atoms with Crippen LogP contribution in [0.2, 0.25) is 5.02 Å². The third kappa shape index (κ3) is 2.01. The maximum absolute atomic E-state index is 12.5. The van der Waals surface area contributed by atoms with Gasteiger partial charge in [0.05, 0.1) is 16.3 Å². The molecule has 2 aliphatic rings. The maximum Gasteiger partial charge on any atom is 0.181 e. The van der Waals surface area contributed by atoms with Gasteiger partial charge in [-0.3, -0.25) is 0 Å². The third-order valence-electron chi connectivity index (χ3n) is 4.09. The quantitative estimate of drug-likeness (QED) is 0.797. The summed E-state index contributed by atoms with van der Waals surface area (Å²) in [5.41, 5.74) is 0.580. The summed E-state index contributed by atoms with van der Waals surface area (Å²) in [6.45, 7) is 0.736. The molecule has 98 valence electrons. The second kappa shape index (κ2) is 4.14. The number of hydrogen-bond donors (Lipinski definition) is 1. The van der Waals surface area contributed by atoms with Gasteiger partial charge in [-0.1, -0.05) is 24.4 Å². The number of sulfone groups is 1. The van der Waals surface area contributed by atoms with Crippen LogP contribution in [-0.4, -0.2) is 20.7 Å². The Morgan fingerprint density at radius 2 is 1.94 bits per heavy atom. The molecule has 1 aromatic carbocycles. The minimum atomic E-state index is -3.21. The minimum Gasteiger partial charge on any atom is -0.383 e. The minimum absolute atomic E-state index is 0.0790. The molecule has 0 atom stereocenters. The first kappa shape index (κ1) is 12.3. The smallest absolute Gasteiger partial charge is 0.181 e. The molecule has 1 fully saturated rings. The molecule has 1 heterocycles. The number of fused-ring (bicyclic) bond motifs is 1. The van der Waals surface area contributed by atoms with Crippen LogP contribution < -0.4 is 5.32 Å². The number of nitrogens with one attached hydrogen (secondary N) is 1. The van der Waals surface area contributed by atoms with Gasteiger partial charge in [0.1, 0.15) is 0 Å². The third-order valence-corrected chi connectivity index (χ3v) is 6.34. The Balaban J connectivity index is 2.08. The lowest BCUT2D eigenvalue weighted by atomic mass is 9.88. The lowest BCUT2D eigenvalue weighted by molar-refractivity contribution is 0.365. The van der Waals surface area contributed by atoms with Crippen molar-refractivity contribution >= 4 is 27.1 Å². The molecule has 0 saturated heterocycles. The van der Waals surface area contributed by atoms with Crippen molar-refractivity contribution in [3.63, 3.8) is 0 Å². The summed E-state index contributed by atoms with van der Waals surface area (Å²) in [5, 5.41) is 3.86. The fraction of sp³-hybridized carbons (Fsp3) is 0.538. The topological polar surface area (TPSA) is 46.2 Å². The summed E-state index contributed by atoms with van der Waals surface area (Å²) < 4.78 is 25.0. The molecule has 18 heavy (non-hydrogen) atoms. The fourth-order valence-corrected chi connectivity index (χ4v) is 5.44. The zero-order valence-electron chi connectivity index (χ0n) is 10.1. The van der Waals surface area contributed by atoms with Gasteiger partial charge in [0.15, 0.2) is 9.84 Å². The predicted molar refractivity (Wildman–Crippen MR) is 72.9 cm³/mol. The molecule has 1 saturated carbocycles. The van der Waals surface area contributed by atoms with Crippen LogP contribution in [0.1, 0.15) is 25.7 Å². The Hall–Kier alpha value is -0.740. The molecule has 0 bridgehead atoms. The number of hydrogen-bond acceptors (Lipinski definition) is 3. The van der Waals surface area contributed by atoms with Gasteiger partial charge in [-0.2, -0.15) is 0 Å². The van der Waals surface area contributed by atoms with Gasteiger partial charge in [-0.15, -0.1) is 0 Å². The van der Waals surface area contributed by atoms with Gasteiger partial charge in [-0.25, -0.2) is 8.42 Å². The average Bonchev–Trinajstić information content (AvgIpc) is 2.70. The zero-order chi connectivity index (χ0) is 12.8. The van der Waals surface area contributed by atoms with E-state index >= 15 is 0 Å². The van der Waals surface area contributed by atoms with E-state index in [0.717, 1.165) is 32.2 Å². The van der Waals surface area contributed by atoms with Crippen LogP contribution in [0.25, 0.3) is 0 Å². The molecule has 3 rings (SSSR count). The summed E-state index contributed by atoms with van der Waals surface area (Å²) in [7, 11) is -3.21. The van der Waals surface area contributed by atoms with Crippen molar-refractivity contribution < 1.29 is 8.42 Å². The molecular formula is C13H16ClNO2S. The Morgan fingerprint density at radius 1 is 1.22 bits per heavy atom. The normalized spacial score (nSPS) is 24.3. The van der Waals surface area contributed by atoms with E-state index in [1.54, 1.807) is 18.2 Å². The van der Waals surface area contributed by atoms with Gasteiger partial charge < -0.3 is 5.32 Å². The van der Waals surface area contributed by atoms with E-state index in [1.807, 2.05) is 0 Å². The van der Waals surface area contributed by atoms with E-state index in [-0.39, 0.29) is 11.2 Å². The molecule has 0 aromatic heterocycles. The van der Waals surface area contributed by atoms with Gasteiger partial charge in [-0.05, 0) is 31.0 Å². The molecule has 0 radical (unpaired) electrons. The second-order valence-electron chi connectivity index (χ2n) is 5.46. The first-order chi connectivity index (χ1) is 8.51. The first-order valence-electron chi connectivity index (χ1n) is 6.27. The van der Waals surface area contributed by atoms with Gasteiger partial charge >= 0.3 is 0 Å². The molecule has 0 amide bonds. The molecular weight excluding hydrogens is 270 g/mol. The number of benzene rings is 1. The van der Waals surface area contributed by atoms with E-state index in [1.165, 1.54) is 0 Å². The largest absolute Gasteiger partial charge is 0.383 e. The van der Waals surface area contributed by atoms with E-state index in [0.29, 0.717) is 15.6 Å². The number of anilines is 1. The molecule has 1 spiro atoms. The van der Waals surface area contributed by atoms with Crippen LogP contribution in [0.15, 0.2) is 23.1 Å². The Bertz CT molecular complexity index is 577. The molecule has 1 aliphatic carbocycles. The Labute approximate surface area is 112 Å². The Morgan fingerprint density at radius 3 is 2.67 bits per heavy atom. The van der Waals surface area contributed by atoms with Gasteiger partial charge in [0.25, 0.3) is 0 Å². The van der Waals surface area contributed by atoms with Crippen LogP contribution >= 0.6 is 11.6 Å². The van der Waals surface area contributed by atoms with Crippen LogP contribution in [0.4, 0.5) is 5.69 Å². The highest BCUT2D eigenvalue weighted by Crippen LogP contribution is 2.43. The summed E-state index contributed by atoms with van der Waals surface area (Å²) in [4.78, 5) is 0.399. The Kier molecular flexibility index (Phi) is 2.83. The first-order valence-corrected chi connectivity index (χ1v) is 8.30. The maximum atomic E-state index is 12.5. The molecule has 1 aromatic rings. The SMILES string of the molecule is O=S1(=O)CC2(CCCC2)CNc2cc(Cl)ccc21. The lowest BCUT2D eigenvalue weighted by Crippen LogP contribution is -2.31. The highest BCUT2D eigenvalue weighted by Gasteiger charge is 2.41. The van der Waals surface area contributed by atoms with E-state index in [2.05, 4.69) is 5.32 Å². The summed E-state index contributed by atoms with van der Waals surface area (Å²) in [5.74, 6) is 0.266. The monoisotopic (exact) mass is 285 g/mol. The van der Waals surface area contributed by atoms with Crippen molar-refractivity contribution in [2.75, 3.05) is 17.6 Å². The number of rotatable bonds is 0. The number of halogens is 1. The standard InChI is InChI=1S/C13H16ClNO2S/c14-10-3-4-12-11(7-10)15-8-13(5-1-2-6-13)9-18(12,16)17/h3-4,7,15H,1-2,5-6,8-9H2. The van der Waals surface area contributed by atoms with E-state index < -0.39 is 9.84 Å². The molecule has 3 nitrogen and oxygen atoms in total. The van der Waals surface area contributed by atoms with Crippen molar-refractivity contribution in [2.45, 2.75) is 30.6 Å². The lowest BCUT2D eigenvalue weighted by Gasteiger charge is -2.26. The predicted octanol–water partition coefficient (Wildman–Crippen LogP) is 3.10. The average molecular weight is 286 g/mol. The summed E-state index contributed by atoms with van der Waals surface area (Å²) >= 11 is 5.94. The molecule has 0 unspecified atom stereocenters. The van der Waals surface area contributed by atoms with Gasteiger partial charge in [0.2, 0.25) is 0 Å². The van der Waals surface area contributed by atoms with Crippen LogP contribution in [0, 0.1) is 5.41 Å².